The fourth-order valence-electron chi connectivity index (χ4n) is 4.66. The van der Waals surface area contributed by atoms with E-state index in [0.717, 1.165) is 66.9 Å². The zero-order valence-electron chi connectivity index (χ0n) is 15.7. The topological polar surface area (TPSA) is 42.3 Å². The number of hydrogen-bond donors (Lipinski definition) is 1. The van der Waals surface area contributed by atoms with E-state index in [1.165, 1.54) is 5.56 Å². The second-order valence-electron chi connectivity index (χ2n) is 7.59. The third-order valence-corrected chi connectivity index (χ3v) is 6.13. The highest BCUT2D eigenvalue weighted by molar-refractivity contribution is 6.07. The minimum atomic E-state index is 0.0307. The summed E-state index contributed by atoms with van der Waals surface area (Å²) in [6.45, 7) is 2.86. The summed E-state index contributed by atoms with van der Waals surface area (Å²) in [5.41, 5.74) is 5.64. The summed E-state index contributed by atoms with van der Waals surface area (Å²) in [5.74, 6) is 0.865. The zero-order chi connectivity index (χ0) is 18.1. The summed E-state index contributed by atoms with van der Waals surface area (Å²) >= 11 is 0. The number of rotatable bonds is 4. The Hall–Kier alpha value is -2.13. The van der Waals surface area contributed by atoms with Crippen LogP contribution in [0.3, 0.4) is 0 Å². The maximum Gasteiger partial charge on any atom is 0.119 e. The van der Waals surface area contributed by atoms with Gasteiger partial charge in [-0.25, -0.2) is 0 Å². The predicted octanol–water partition coefficient (Wildman–Crippen LogP) is 5.25. The van der Waals surface area contributed by atoms with Crippen LogP contribution in [0.25, 0.3) is 11.1 Å². The molecule has 1 spiro atoms. The molecule has 2 aromatic carbocycles. The molecule has 2 aromatic rings. The minimum absolute atomic E-state index is 0.0307. The van der Waals surface area contributed by atoms with Gasteiger partial charge < -0.3 is 14.9 Å². The van der Waals surface area contributed by atoms with Crippen molar-refractivity contribution in [3.05, 3.63) is 53.6 Å². The average Bonchev–Trinajstić information content (AvgIpc) is 2.95. The van der Waals surface area contributed by atoms with E-state index >= 15 is 0 Å². The lowest BCUT2D eigenvalue weighted by Crippen LogP contribution is -2.35. The van der Waals surface area contributed by atoms with Crippen molar-refractivity contribution in [3.63, 3.8) is 0 Å². The first-order valence-electron chi connectivity index (χ1n) is 9.63. The Morgan fingerprint density at radius 2 is 1.85 bits per heavy atom. The van der Waals surface area contributed by atoms with Crippen molar-refractivity contribution in [2.45, 2.75) is 45.1 Å². The number of hydrogen-bond acceptors (Lipinski definition) is 3. The second-order valence-corrected chi connectivity index (χ2v) is 7.59. The van der Waals surface area contributed by atoms with Gasteiger partial charge in [-0.2, -0.15) is 0 Å². The monoisotopic (exact) mass is 349 g/mol. The average molecular weight is 349 g/mol. The van der Waals surface area contributed by atoms with Gasteiger partial charge in [0, 0.05) is 17.7 Å². The molecule has 0 aromatic heterocycles. The van der Waals surface area contributed by atoms with Crippen molar-refractivity contribution in [3.8, 4) is 16.9 Å². The summed E-state index contributed by atoms with van der Waals surface area (Å²) in [5, 5.41) is 8.91. The van der Waals surface area contributed by atoms with Crippen molar-refractivity contribution in [1.82, 2.24) is 0 Å². The Balaban J connectivity index is 1.60. The summed E-state index contributed by atoms with van der Waals surface area (Å²) in [7, 11) is 1.69. The lowest BCUT2D eigenvalue weighted by atomic mass is 9.70. The maximum atomic E-state index is 8.91. The summed E-state index contributed by atoms with van der Waals surface area (Å²) in [6.07, 6.45) is 5.69. The highest BCUT2D eigenvalue weighted by atomic mass is 16.5. The molecule has 0 unspecified atom stereocenters. The first-order chi connectivity index (χ1) is 12.6. The van der Waals surface area contributed by atoms with Crippen molar-refractivity contribution in [2.75, 3.05) is 13.7 Å². The third-order valence-electron chi connectivity index (χ3n) is 6.13. The van der Waals surface area contributed by atoms with Crippen LogP contribution in [0.1, 0.15) is 43.7 Å². The van der Waals surface area contributed by atoms with Crippen molar-refractivity contribution in [1.29, 1.82) is 5.41 Å². The maximum absolute atomic E-state index is 8.91. The van der Waals surface area contributed by atoms with Gasteiger partial charge in [-0.1, -0.05) is 24.3 Å². The molecule has 1 saturated carbocycles. The molecular formula is C23H27NO2. The van der Waals surface area contributed by atoms with E-state index < -0.39 is 0 Å². The molecule has 136 valence electrons. The second kappa shape index (κ2) is 6.88. The standard InChI is InChI=1S/C23H27NO2/c1-3-26-19-9-11-23(12-10-19)15-18-8-7-17(14-21(18)22(23)24)16-5-4-6-20(13-16)25-2/h4-8,13-14,19,24H,3,9-12,15H2,1-2H3. The first kappa shape index (κ1) is 17.3. The molecule has 4 rings (SSSR count). The molecule has 1 N–H and O–H groups in total. The number of ether oxygens (including phenoxy) is 2. The van der Waals surface area contributed by atoms with Gasteiger partial charge >= 0.3 is 0 Å². The molecule has 26 heavy (non-hydrogen) atoms. The zero-order valence-corrected chi connectivity index (χ0v) is 15.7. The number of benzene rings is 2. The van der Waals surface area contributed by atoms with Gasteiger partial charge in [0.1, 0.15) is 5.75 Å². The quantitative estimate of drug-likeness (QED) is 0.819. The van der Waals surface area contributed by atoms with E-state index in [4.69, 9.17) is 14.9 Å². The smallest absolute Gasteiger partial charge is 0.119 e. The Morgan fingerprint density at radius 1 is 1.08 bits per heavy atom. The highest BCUT2D eigenvalue weighted by Gasteiger charge is 2.44. The largest absolute Gasteiger partial charge is 0.497 e. The van der Waals surface area contributed by atoms with E-state index in [2.05, 4.69) is 37.3 Å². The van der Waals surface area contributed by atoms with Gasteiger partial charge in [0.2, 0.25) is 0 Å². The van der Waals surface area contributed by atoms with Gasteiger partial charge in [0.25, 0.3) is 0 Å². The lowest BCUT2D eigenvalue weighted by Gasteiger charge is -2.37. The van der Waals surface area contributed by atoms with Crippen molar-refractivity contribution in [2.24, 2.45) is 5.41 Å². The van der Waals surface area contributed by atoms with Gasteiger partial charge in [-0.3, -0.25) is 0 Å². The van der Waals surface area contributed by atoms with Crippen LogP contribution in [-0.2, 0) is 11.2 Å². The predicted molar refractivity (Wildman–Crippen MR) is 105 cm³/mol. The van der Waals surface area contributed by atoms with Gasteiger partial charge in [0.05, 0.1) is 13.2 Å². The molecule has 3 heteroatoms. The van der Waals surface area contributed by atoms with Crippen LogP contribution < -0.4 is 4.74 Å². The van der Waals surface area contributed by atoms with Crippen LogP contribution in [0.5, 0.6) is 5.75 Å². The molecule has 0 saturated heterocycles. The fourth-order valence-corrected chi connectivity index (χ4v) is 4.66. The van der Waals surface area contributed by atoms with Gasteiger partial charge in [-0.15, -0.1) is 0 Å². The van der Waals surface area contributed by atoms with Crippen LogP contribution in [0.2, 0.25) is 0 Å². The molecule has 0 aliphatic heterocycles. The van der Waals surface area contributed by atoms with Gasteiger partial charge in [-0.05, 0) is 79.5 Å². The van der Waals surface area contributed by atoms with Crippen molar-refractivity contribution < 1.29 is 9.47 Å². The summed E-state index contributed by atoms with van der Waals surface area (Å²) in [6, 6.07) is 14.8. The molecule has 1 fully saturated rings. The Morgan fingerprint density at radius 3 is 2.58 bits per heavy atom. The van der Waals surface area contributed by atoms with E-state index in [0.29, 0.717) is 6.10 Å². The number of fused-ring (bicyclic) bond motifs is 1. The van der Waals surface area contributed by atoms with Crippen LogP contribution in [-0.4, -0.2) is 25.5 Å². The Labute approximate surface area is 155 Å². The molecule has 3 nitrogen and oxygen atoms in total. The van der Waals surface area contributed by atoms with Gasteiger partial charge in [0.15, 0.2) is 0 Å². The molecule has 0 radical (unpaired) electrons. The van der Waals surface area contributed by atoms with E-state index in [1.807, 2.05) is 12.1 Å². The first-order valence-corrected chi connectivity index (χ1v) is 9.63. The van der Waals surface area contributed by atoms with E-state index in [1.54, 1.807) is 7.11 Å². The highest BCUT2D eigenvalue weighted by Crippen LogP contribution is 2.48. The molecule has 0 atom stereocenters. The van der Waals surface area contributed by atoms with E-state index in [9.17, 15) is 0 Å². The molecule has 2 aliphatic carbocycles. The molecule has 2 aliphatic rings. The summed E-state index contributed by atoms with van der Waals surface area (Å²) < 4.78 is 11.2. The Bertz CT molecular complexity index is 819. The minimum Gasteiger partial charge on any atom is -0.497 e. The molecule has 0 bridgehead atoms. The molecule has 0 heterocycles. The number of nitrogens with one attached hydrogen (secondary N) is 1. The van der Waals surface area contributed by atoms with Crippen molar-refractivity contribution >= 4 is 5.71 Å². The lowest BCUT2D eigenvalue weighted by molar-refractivity contribution is 0.0178. The fraction of sp³-hybridized carbons (Fsp3) is 0.435. The summed E-state index contributed by atoms with van der Waals surface area (Å²) in [4.78, 5) is 0. The normalized spacial score (nSPS) is 24.7. The SMILES string of the molecule is CCOC1CCC2(CC1)Cc1ccc(-c3cccc(OC)c3)cc1C2=N. The number of methoxy groups -OCH3 is 1. The molecular weight excluding hydrogens is 322 g/mol. The van der Waals surface area contributed by atoms with Crippen LogP contribution in [0.4, 0.5) is 0 Å². The van der Waals surface area contributed by atoms with Crippen LogP contribution in [0.15, 0.2) is 42.5 Å². The molecule has 0 amide bonds. The van der Waals surface area contributed by atoms with Crippen LogP contribution in [0, 0.1) is 10.8 Å². The Kier molecular flexibility index (Phi) is 4.58. The third kappa shape index (κ3) is 2.95. The van der Waals surface area contributed by atoms with E-state index in [-0.39, 0.29) is 5.41 Å². The van der Waals surface area contributed by atoms with Crippen LogP contribution >= 0.6 is 0 Å².